The van der Waals surface area contributed by atoms with E-state index in [1.807, 2.05) is 12.3 Å². The van der Waals surface area contributed by atoms with Gasteiger partial charge in [0.15, 0.2) is 5.96 Å². The molecule has 3 heterocycles. The Morgan fingerprint density at radius 1 is 1.30 bits per heavy atom. The second kappa shape index (κ2) is 9.41. The molecule has 27 heavy (non-hydrogen) atoms. The minimum atomic E-state index is 0.598. The largest absolute Gasteiger partial charge is 0.378 e. The van der Waals surface area contributed by atoms with Crippen molar-refractivity contribution in [3.8, 4) is 0 Å². The number of nitrogens with one attached hydrogen (secondary N) is 1. The van der Waals surface area contributed by atoms with E-state index < -0.39 is 0 Å². The van der Waals surface area contributed by atoms with Crippen LogP contribution in [0.15, 0.2) is 41.7 Å². The van der Waals surface area contributed by atoms with Gasteiger partial charge in [-0.25, -0.2) is 9.98 Å². The molecular formula is C20H30N6O. The van der Waals surface area contributed by atoms with E-state index in [9.17, 15) is 0 Å². The molecule has 7 nitrogen and oxygen atoms in total. The van der Waals surface area contributed by atoms with E-state index in [0.29, 0.717) is 6.54 Å². The Balaban J connectivity index is 1.74. The summed E-state index contributed by atoms with van der Waals surface area (Å²) in [5, 5.41) is 3.40. The van der Waals surface area contributed by atoms with E-state index in [-0.39, 0.29) is 0 Å². The van der Waals surface area contributed by atoms with Crippen molar-refractivity contribution in [2.24, 2.45) is 12.0 Å². The van der Waals surface area contributed by atoms with E-state index in [4.69, 9.17) is 9.73 Å². The van der Waals surface area contributed by atoms with Crippen molar-refractivity contribution in [2.45, 2.75) is 20.0 Å². The van der Waals surface area contributed by atoms with Crippen LogP contribution < -0.4 is 10.2 Å². The maximum atomic E-state index is 5.47. The number of hydrogen-bond acceptors (Lipinski definition) is 4. The molecule has 1 aliphatic rings. The zero-order valence-electron chi connectivity index (χ0n) is 16.6. The first-order valence-corrected chi connectivity index (χ1v) is 9.55. The van der Waals surface area contributed by atoms with Crippen molar-refractivity contribution in [1.29, 1.82) is 0 Å². The standard InChI is InChI=1S/C20H30N6O/c1-4-21-20(25(3)16-18-8-6-10-24(18)2)23-15-17-7-5-9-22-19(17)26-11-13-27-14-12-26/h5-10H,4,11-16H2,1-3H3,(H,21,23). The van der Waals surface area contributed by atoms with Crippen LogP contribution in [0.1, 0.15) is 18.2 Å². The normalized spacial score (nSPS) is 15.1. The predicted octanol–water partition coefficient (Wildman–Crippen LogP) is 1.85. The number of ether oxygens (including phenoxy) is 1. The fourth-order valence-corrected chi connectivity index (χ4v) is 3.22. The topological polar surface area (TPSA) is 57.9 Å². The van der Waals surface area contributed by atoms with Crippen molar-refractivity contribution in [3.63, 3.8) is 0 Å². The summed E-state index contributed by atoms with van der Waals surface area (Å²) in [7, 11) is 4.14. The number of aromatic nitrogens is 2. The average Bonchev–Trinajstić information content (AvgIpc) is 3.10. The van der Waals surface area contributed by atoms with Crippen LogP contribution >= 0.6 is 0 Å². The quantitative estimate of drug-likeness (QED) is 0.621. The highest BCUT2D eigenvalue weighted by atomic mass is 16.5. The van der Waals surface area contributed by atoms with Gasteiger partial charge in [0.1, 0.15) is 5.82 Å². The van der Waals surface area contributed by atoms with E-state index in [1.165, 1.54) is 5.69 Å². The Hall–Kier alpha value is -2.54. The van der Waals surface area contributed by atoms with Gasteiger partial charge in [-0.2, -0.15) is 0 Å². The smallest absolute Gasteiger partial charge is 0.194 e. The molecule has 1 N–H and O–H groups in total. The maximum absolute atomic E-state index is 5.47. The van der Waals surface area contributed by atoms with E-state index >= 15 is 0 Å². The van der Waals surface area contributed by atoms with Gasteiger partial charge in [-0.3, -0.25) is 0 Å². The number of anilines is 1. The Kier molecular flexibility index (Phi) is 6.70. The SMILES string of the molecule is CCNC(=NCc1cccnc1N1CCOCC1)N(C)Cc1cccn1C. The van der Waals surface area contributed by atoms with E-state index in [1.54, 1.807) is 0 Å². The van der Waals surface area contributed by atoms with Crippen molar-refractivity contribution in [2.75, 3.05) is 44.8 Å². The lowest BCUT2D eigenvalue weighted by atomic mass is 10.2. The monoisotopic (exact) mass is 370 g/mol. The van der Waals surface area contributed by atoms with Gasteiger partial charge in [0.05, 0.1) is 26.3 Å². The molecule has 7 heteroatoms. The number of aryl methyl sites for hydroxylation is 1. The molecule has 0 saturated carbocycles. The summed E-state index contributed by atoms with van der Waals surface area (Å²) in [5.74, 6) is 1.92. The van der Waals surface area contributed by atoms with Gasteiger partial charge in [-0.15, -0.1) is 0 Å². The second-order valence-electron chi connectivity index (χ2n) is 6.72. The molecule has 1 fully saturated rings. The summed E-state index contributed by atoms with van der Waals surface area (Å²) in [6.07, 6.45) is 3.92. The van der Waals surface area contributed by atoms with Gasteiger partial charge in [0, 0.05) is 57.4 Å². The zero-order chi connectivity index (χ0) is 19.1. The van der Waals surface area contributed by atoms with Gasteiger partial charge in [-0.1, -0.05) is 6.07 Å². The number of rotatable bonds is 6. The number of hydrogen-bond donors (Lipinski definition) is 1. The molecule has 1 saturated heterocycles. The molecule has 0 radical (unpaired) electrons. The summed E-state index contributed by atoms with van der Waals surface area (Å²) in [6, 6.07) is 8.30. The third-order valence-corrected chi connectivity index (χ3v) is 4.72. The van der Waals surface area contributed by atoms with Crippen molar-refractivity contribution in [1.82, 2.24) is 19.8 Å². The van der Waals surface area contributed by atoms with Gasteiger partial charge in [-0.05, 0) is 25.1 Å². The molecule has 146 valence electrons. The lowest BCUT2D eigenvalue weighted by Crippen LogP contribution is -2.39. The number of morpholine rings is 1. The predicted molar refractivity (Wildman–Crippen MR) is 109 cm³/mol. The number of guanidine groups is 1. The van der Waals surface area contributed by atoms with Gasteiger partial charge >= 0.3 is 0 Å². The lowest BCUT2D eigenvalue weighted by Gasteiger charge is -2.29. The lowest BCUT2D eigenvalue weighted by molar-refractivity contribution is 0.122. The highest BCUT2D eigenvalue weighted by Gasteiger charge is 2.16. The van der Waals surface area contributed by atoms with Crippen molar-refractivity contribution >= 4 is 11.8 Å². The first kappa shape index (κ1) is 19.2. The minimum Gasteiger partial charge on any atom is -0.378 e. The molecule has 0 spiro atoms. The van der Waals surface area contributed by atoms with E-state index in [0.717, 1.165) is 56.7 Å². The zero-order valence-corrected chi connectivity index (χ0v) is 16.6. The maximum Gasteiger partial charge on any atom is 0.194 e. The van der Waals surface area contributed by atoms with Crippen LogP contribution in [0.25, 0.3) is 0 Å². The van der Waals surface area contributed by atoms with Crippen molar-refractivity contribution < 1.29 is 4.74 Å². The fraction of sp³-hybridized carbons (Fsp3) is 0.500. The molecule has 0 atom stereocenters. The molecule has 3 rings (SSSR count). The number of nitrogens with zero attached hydrogens (tertiary/aromatic N) is 5. The summed E-state index contributed by atoms with van der Waals surface area (Å²) in [5.41, 5.74) is 2.39. The highest BCUT2D eigenvalue weighted by Crippen LogP contribution is 2.19. The number of pyridine rings is 1. The molecule has 1 aliphatic heterocycles. The second-order valence-corrected chi connectivity index (χ2v) is 6.72. The number of aliphatic imine (C=N–C) groups is 1. The third-order valence-electron chi connectivity index (χ3n) is 4.72. The summed E-state index contributed by atoms with van der Waals surface area (Å²) < 4.78 is 7.60. The molecule has 0 unspecified atom stereocenters. The molecular weight excluding hydrogens is 340 g/mol. The third kappa shape index (κ3) is 5.01. The van der Waals surface area contributed by atoms with Crippen LogP contribution in [0.2, 0.25) is 0 Å². The first-order valence-electron chi connectivity index (χ1n) is 9.55. The van der Waals surface area contributed by atoms with Crippen LogP contribution in [0.5, 0.6) is 0 Å². The molecule has 0 bridgehead atoms. The van der Waals surface area contributed by atoms with E-state index in [2.05, 4.69) is 70.1 Å². The summed E-state index contributed by atoms with van der Waals surface area (Å²) in [6.45, 7) is 7.58. The van der Waals surface area contributed by atoms with Crippen LogP contribution in [0.3, 0.4) is 0 Å². The Labute approximate surface area is 161 Å². The Morgan fingerprint density at radius 2 is 2.11 bits per heavy atom. The van der Waals surface area contributed by atoms with Gasteiger partial charge in [0.25, 0.3) is 0 Å². The fourth-order valence-electron chi connectivity index (χ4n) is 3.22. The van der Waals surface area contributed by atoms with Crippen LogP contribution in [0.4, 0.5) is 5.82 Å². The van der Waals surface area contributed by atoms with Crippen LogP contribution in [-0.4, -0.2) is 60.3 Å². The van der Waals surface area contributed by atoms with Gasteiger partial charge < -0.3 is 24.4 Å². The Morgan fingerprint density at radius 3 is 2.81 bits per heavy atom. The molecule has 0 aliphatic carbocycles. The summed E-state index contributed by atoms with van der Waals surface area (Å²) in [4.78, 5) is 13.9. The van der Waals surface area contributed by atoms with Crippen LogP contribution in [0, 0.1) is 0 Å². The van der Waals surface area contributed by atoms with Crippen molar-refractivity contribution in [3.05, 3.63) is 47.9 Å². The first-order chi connectivity index (χ1) is 13.2. The Bertz CT molecular complexity index is 750. The molecule has 2 aromatic heterocycles. The molecule has 0 amide bonds. The highest BCUT2D eigenvalue weighted by molar-refractivity contribution is 5.79. The minimum absolute atomic E-state index is 0.598. The molecule has 0 aromatic carbocycles. The molecule has 2 aromatic rings. The summed E-state index contributed by atoms with van der Waals surface area (Å²) >= 11 is 0. The van der Waals surface area contributed by atoms with Gasteiger partial charge in [0.2, 0.25) is 0 Å². The van der Waals surface area contributed by atoms with Crippen LogP contribution in [-0.2, 0) is 24.9 Å². The average molecular weight is 371 g/mol.